The van der Waals surface area contributed by atoms with Crippen LogP contribution in [0.2, 0.25) is 0 Å². The Morgan fingerprint density at radius 2 is 1.59 bits per heavy atom. The molecule has 2 rings (SSSR count). The van der Waals surface area contributed by atoms with Gasteiger partial charge in [0, 0.05) is 5.56 Å². The Labute approximate surface area is 141 Å². The summed E-state index contributed by atoms with van der Waals surface area (Å²) >= 11 is 2.05. The minimum atomic E-state index is -4.34. The number of nitrogens with two attached hydrogens (primary N) is 1. The molecule has 0 spiro atoms. The van der Waals surface area contributed by atoms with Crippen LogP contribution in [0.5, 0.6) is 0 Å². The average Bonchev–Trinajstić information content (AvgIpc) is 2.39. The van der Waals surface area contributed by atoms with E-state index < -0.39 is 11.7 Å². The number of hydrogen-bond donors (Lipinski definition) is 1. The first-order chi connectivity index (χ1) is 10.00. The zero-order chi connectivity index (χ0) is 16.7. The van der Waals surface area contributed by atoms with Crippen LogP contribution in [0.4, 0.5) is 18.9 Å². The highest BCUT2D eigenvalue weighted by Crippen LogP contribution is 2.35. The predicted molar refractivity (Wildman–Crippen MR) is 90.5 cm³/mol. The maximum Gasteiger partial charge on any atom is 0.416 e. The Balaban J connectivity index is 2.52. The summed E-state index contributed by atoms with van der Waals surface area (Å²) in [6.07, 6.45) is -4.34. The minimum Gasteiger partial charge on any atom is -0.396 e. The molecule has 6 heteroatoms. The number of benzene rings is 1. The molecule has 0 atom stereocenters. The van der Waals surface area contributed by atoms with E-state index in [0.717, 1.165) is 17.7 Å². The highest BCUT2D eigenvalue weighted by Gasteiger charge is 2.30. The third kappa shape index (κ3) is 3.53. The molecule has 0 saturated carbocycles. The molecule has 22 heavy (non-hydrogen) atoms. The van der Waals surface area contributed by atoms with Gasteiger partial charge in [-0.05, 0) is 51.8 Å². The van der Waals surface area contributed by atoms with Crippen LogP contribution in [0.25, 0.3) is 11.3 Å². The normalized spacial score (nSPS) is 12.5. The van der Waals surface area contributed by atoms with Gasteiger partial charge in [-0.1, -0.05) is 32.9 Å². The number of alkyl halides is 3. The summed E-state index contributed by atoms with van der Waals surface area (Å²) in [4.78, 5) is 4.39. The Morgan fingerprint density at radius 3 is 2.05 bits per heavy atom. The molecule has 118 valence electrons. The molecule has 1 aromatic heterocycles. The molecule has 2 nitrogen and oxygen atoms in total. The second-order valence-electron chi connectivity index (χ2n) is 6.08. The smallest absolute Gasteiger partial charge is 0.396 e. The summed E-state index contributed by atoms with van der Waals surface area (Å²) in [5.74, 6) is 0. The second kappa shape index (κ2) is 5.72. The van der Waals surface area contributed by atoms with Crippen LogP contribution in [-0.4, -0.2) is 4.98 Å². The highest BCUT2D eigenvalue weighted by atomic mass is 127. The number of halogens is 4. The van der Waals surface area contributed by atoms with Gasteiger partial charge in [-0.2, -0.15) is 13.2 Å². The number of nitrogen functional groups attached to an aromatic ring is 1. The van der Waals surface area contributed by atoms with E-state index in [-0.39, 0.29) is 5.41 Å². The molecular weight excluding hydrogens is 404 g/mol. The lowest BCUT2D eigenvalue weighted by Crippen LogP contribution is -2.16. The molecular formula is C16H16F3IN2. The number of anilines is 1. The summed E-state index contributed by atoms with van der Waals surface area (Å²) in [5, 5.41) is 0. The second-order valence-corrected chi connectivity index (χ2v) is 7.11. The van der Waals surface area contributed by atoms with E-state index in [1.54, 1.807) is 0 Å². The first-order valence-electron chi connectivity index (χ1n) is 6.64. The Bertz CT molecular complexity index is 686. The standard InChI is InChI=1S/C16H16F3IN2/c1-15(2,3)11-8-12(22-14(20)13(11)21)9-4-6-10(7-5-9)16(17,18)19/h4-8H,21H2,1-3H3. The van der Waals surface area contributed by atoms with E-state index in [1.807, 2.05) is 49.4 Å². The van der Waals surface area contributed by atoms with E-state index in [0.29, 0.717) is 20.6 Å². The minimum absolute atomic E-state index is 0.173. The van der Waals surface area contributed by atoms with Crippen molar-refractivity contribution in [3.8, 4) is 11.3 Å². The van der Waals surface area contributed by atoms with Gasteiger partial charge in [-0.25, -0.2) is 4.98 Å². The summed E-state index contributed by atoms with van der Waals surface area (Å²) < 4.78 is 38.5. The largest absolute Gasteiger partial charge is 0.416 e. The Morgan fingerprint density at radius 1 is 1.05 bits per heavy atom. The van der Waals surface area contributed by atoms with Crippen LogP contribution >= 0.6 is 22.6 Å². The summed E-state index contributed by atoms with van der Waals surface area (Å²) in [7, 11) is 0. The fourth-order valence-corrected chi connectivity index (χ4v) is 2.67. The van der Waals surface area contributed by atoms with Gasteiger partial charge in [0.15, 0.2) is 0 Å². The summed E-state index contributed by atoms with van der Waals surface area (Å²) in [5.41, 5.74) is 8.04. The third-order valence-electron chi connectivity index (χ3n) is 3.33. The van der Waals surface area contributed by atoms with Crippen LogP contribution in [0.3, 0.4) is 0 Å². The van der Waals surface area contributed by atoms with E-state index in [9.17, 15) is 13.2 Å². The van der Waals surface area contributed by atoms with Gasteiger partial charge in [-0.3, -0.25) is 0 Å². The van der Waals surface area contributed by atoms with E-state index in [4.69, 9.17) is 5.73 Å². The average molecular weight is 420 g/mol. The Kier molecular flexibility index (Phi) is 4.43. The van der Waals surface area contributed by atoms with E-state index in [1.165, 1.54) is 12.1 Å². The van der Waals surface area contributed by atoms with Crippen LogP contribution in [0.15, 0.2) is 30.3 Å². The molecule has 0 unspecified atom stereocenters. The lowest BCUT2D eigenvalue weighted by atomic mass is 9.85. The van der Waals surface area contributed by atoms with E-state index >= 15 is 0 Å². The number of hydrogen-bond acceptors (Lipinski definition) is 2. The fourth-order valence-electron chi connectivity index (χ4n) is 2.12. The van der Waals surface area contributed by atoms with Crippen molar-refractivity contribution in [1.29, 1.82) is 0 Å². The molecule has 0 fully saturated rings. The van der Waals surface area contributed by atoms with Crippen LogP contribution in [-0.2, 0) is 11.6 Å². The molecule has 1 aromatic carbocycles. The fraction of sp³-hybridized carbons (Fsp3) is 0.312. The van der Waals surface area contributed by atoms with E-state index in [2.05, 4.69) is 4.98 Å². The van der Waals surface area contributed by atoms with Gasteiger partial charge in [0.05, 0.1) is 16.9 Å². The van der Waals surface area contributed by atoms with Crippen molar-refractivity contribution < 1.29 is 13.2 Å². The van der Waals surface area contributed by atoms with Crippen LogP contribution in [0.1, 0.15) is 31.9 Å². The van der Waals surface area contributed by atoms with Crippen molar-refractivity contribution in [2.75, 3.05) is 5.73 Å². The van der Waals surface area contributed by atoms with Gasteiger partial charge in [-0.15, -0.1) is 0 Å². The predicted octanol–water partition coefficient (Wildman–Crippen LogP) is 5.25. The number of pyridine rings is 1. The lowest BCUT2D eigenvalue weighted by molar-refractivity contribution is -0.137. The molecule has 0 aliphatic heterocycles. The number of aromatic nitrogens is 1. The lowest BCUT2D eigenvalue weighted by Gasteiger charge is -2.22. The first kappa shape index (κ1) is 17.1. The van der Waals surface area contributed by atoms with Crippen molar-refractivity contribution in [3.63, 3.8) is 0 Å². The summed E-state index contributed by atoms with van der Waals surface area (Å²) in [6.45, 7) is 6.10. The molecule has 2 N–H and O–H groups in total. The maximum atomic E-state index is 12.6. The maximum absolute atomic E-state index is 12.6. The Hall–Kier alpha value is -1.31. The number of nitrogens with zero attached hydrogens (tertiary/aromatic N) is 1. The van der Waals surface area contributed by atoms with Gasteiger partial charge >= 0.3 is 6.18 Å². The molecule has 0 bridgehead atoms. The monoisotopic (exact) mass is 420 g/mol. The van der Waals surface area contributed by atoms with Crippen molar-refractivity contribution in [3.05, 3.63) is 45.2 Å². The molecule has 0 aliphatic carbocycles. The third-order valence-corrected chi connectivity index (χ3v) is 4.15. The van der Waals surface area contributed by atoms with Crippen LogP contribution < -0.4 is 5.73 Å². The zero-order valence-corrected chi connectivity index (χ0v) is 14.6. The molecule has 1 heterocycles. The molecule has 0 amide bonds. The molecule has 2 aromatic rings. The molecule has 0 aliphatic rings. The van der Waals surface area contributed by atoms with Crippen molar-refractivity contribution in [1.82, 2.24) is 4.98 Å². The number of rotatable bonds is 1. The van der Waals surface area contributed by atoms with Gasteiger partial charge in [0.2, 0.25) is 0 Å². The topological polar surface area (TPSA) is 38.9 Å². The van der Waals surface area contributed by atoms with Crippen molar-refractivity contribution >= 4 is 28.3 Å². The first-order valence-corrected chi connectivity index (χ1v) is 7.72. The van der Waals surface area contributed by atoms with Crippen molar-refractivity contribution in [2.24, 2.45) is 0 Å². The van der Waals surface area contributed by atoms with Gasteiger partial charge in [0.1, 0.15) is 3.70 Å². The zero-order valence-electron chi connectivity index (χ0n) is 12.4. The molecule has 0 radical (unpaired) electrons. The summed E-state index contributed by atoms with van der Waals surface area (Å²) in [6, 6.07) is 6.85. The van der Waals surface area contributed by atoms with Crippen LogP contribution in [0, 0.1) is 3.70 Å². The SMILES string of the molecule is CC(C)(C)c1cc(-c2ccc(C(F)(F)F)cc2)nc(I)c1N. The quantitative estimate of drug-likeness (QED) is 0.506. The van der Waals surface area contributed by atoms with Crippen molar-refractivity contribution in [2.45, 2.75) is 32.4 Å². The highest BCUT2D eigenvalue weighted by molar-refractivity contribution is 14.1. The van der Waals surface area contributed by atoms with Gasteiger partial charge < -0.3 is 5.73 Å². The molecule has 0 saturated heterocycles. The van der Waals surface area contributed by atoms with Gasteiger partial charge in [0.25, 0.3) is 0 Å².